The van der Waals surface area contributed by atoms with Gasteiger partial charge in [0.2, 0.25) is 5.88 Å². The fraction of sp³-hybridized carbons (Fsp3) is 0.406. The fourth-order valence-electron chi connectivity index (χ4n) is 5.93. The van der Waals surface area contributed by atoms with Crippen LogP contribution in [0.15, 0.2) is 48.7 Å². The average Bonchev–Trinajstić information content (AvgIpc) is 3.53. The van der Waals surface area contributed by atoms with E-state index in [9.17, 15) is 22.8 Å². The van der Waals surface area contributed by atoms with Gasteiger partial charge in [-0.1, -0.05) is 18.5 Å². The Hall–Kier alpha value is -3.90. The zero-order valence-electron chi connectivity index (χ0n) is 24.9. The number of rotatable bonds is 8. The molecule has 0 aliphatic carbocycles. The molecule has 240 valence electrons. The molecule has 5 rings (SSSR count). The summed E-state index contributed by atoms with van der Waals surface area (Å²) >= 11 is 5.82. The van der Waals surface area contributed by atoms with Gasteiger partial charge in [-0.25, -0.2) is 9.37 Å². The standard InChI is InChI=1S/C32H34ClF4N5O3/c1-3-21-18-41(31(44)24-8-7-19(33)16-25(24)32(35,36)37)14-15-42(21)26-10-9-22(23-6-5-12-39-30(23)45-4-2)28(34)27(26)29(43)40-20-11-13-38-17-20/h5-10,12,16,20-21,38H,3-4,11,13-15,17-18H2,1-2H3,(H,40,43)/t20-,21+/m0/s1. The van der Waals surface area contributed by atoms with Crippen LogP contribution in [0, 0.1) is 5.82 Å². The molecule has 2 N–H and O–H groups in total. The lowest BCUT2D eigenvalue weighted by Crippen LogP contribution is -2.55. The highest BCUT2D eigenvalue weighted by atomic mass is 35.5. The number of hydrogen-bond acceptors (Lipinski definition) is 6. The summed E-state index contributed by atoms with van der Waals surface area (Å²) in [6, 6.07) is 9.08. The van der Waals surface area contributed by atoms with Gasteiger partial charge in [-0.15, -0.1) is 0 Å². The SMILES string of the molecule is CCOc1ncccc1-c1ccc(N2CCN(C(=O)c3ccc(Cl)cc3C(F)(F)F)C[C@H]2CC)c(C(=O)N[C@H]2CCNC2)c1F. The van der Waals surface area contributed by atoms with Crippen molar-refractivity contribution in [3.8, 4) is 17.0 Å². The molecule has 8 nitrogen and oxygen atoms in total. The molecule has 2 aromatic carbocycles. The van der Waals surface area contributed by atoms with E-state index in [4.69, 9.17) is 16.3 Å². The number of halogens is 5. The van der Waals surface area contributed by atoms with E-state index in [1.165, 1.54) is 17.2 Å². The summed E-state index contributed by atoms with van der Waals surface area (Å²) < 4.78 is 63.6. The van der Waals surface area contributed by atoms with Gasteiger partial charge < -0.3 is 25.2 Å². The normalized spacial score (nSPS) is 18.6. The van der Waals surface area contributed by atoms with Crippen molar-refractivity contribution >= 4 is 29.1 Å². The van der Waals surface area contributed by atoms with E-state index in [1.54, 1.807) is 31.2 Å². The number of carbonyl (C=O) groups excluding carboxylic acids is 2. The highest BCUT2D eigenvalue weighted by molar-refractivity contribution is 6.30. The van der Waals surface area contributed by atoms with Crippen LogP contribution in [0.5, 0.6) is 5.88 Å². The van der Waals surface area contributed by atoms with Gasteiger partial charge >= 0.3 is 6.18 Å². The van der Waals surface area contributed by atoms with Crippen LogP contribution in [0.1, 0.15) is 53.0 Å². The Morgan fingerprint density at radius 3 is 2.62 bits per heavy atom. The molecule has 2 fully saturated rings. The van der Waals surface area contributed by atoms with E-state index >= 15 is 4.39 Å². The number of carbonyl (C=O) groups is 2. The van der Waals surface area contributed by atoms with Crippen LogP contribution < -0.4 is 20.3 Å². The van der Waals surface area contributed by atoms with E-state index < -0.39 is 41.0 Å². The summed E-state index contributed by atoms with van der Waals surface area (Å²) in [6.07, 6.45) is -2.06. The minimum absolute atomic E-state index is 0.0589. The molecule has 45 heavy (non-hydrogen) atoms. The Morgan fingerprint density at radius 2 is 1.93 bits per heavy atom. The van der Waals surface area contributed by atoms with Gasteiger partial charge in [0, 0.05) is 60.6 Å². The smallest absolute Gasteiger partial charge is 0.417 e. The van der Waals surface area contributed by atoms with Crippen molar-refractivity contribution in [2.75, 3.05) is 44.2 Å². The molecule has 3 aromatic rings. The molecule has 0 spiro atoms. The predicted molar refractivity (Wildman–Crippen MR) is 163 cm³/mol. The number of nitrogens with one attached hydrogen (secondary N) is 2. The number of aromatic nitrogens is 1. The van der Waals surface area contributed by atoms with Gasteiger partial charge in [-0.2, -0.15) is 13.2 Å². The molecule has 0 unspecified atom stereocenters. The third-order valence-electron chi connectivity index (χ3n) is 8.15. The van der Waals surface area contributed by atoms with Gasteiger partial charge in [0.05, 0.1) is 29.0 Å². The van der Waals surface area contributed by atoms with Crippen molar-refractivity contribution in [3.05, 3.63) is 76.2 Å². The van der Waals surface area contributed by atoms with Crippen LogP contribution in [-0.4, -0.2) is 73.1 Å². The highest BCUT2D eigenvalue weighted by Crippen LogP contribution is 2.38. The lowest BCUT2D eigenvalue weighted by molar-refractivity contribution is -0.138. The number of piperazine rings is 1. The Kier molecular flexibility index (Phi) is 9.83. The summed E-state index contributed by atoms with van der Waals surface area (Å²) in [4.78, 5) is 34.6. The first-order valence-electron chi connectivity index (χ1n) is 14.9. The number of alkyl halides is 3. The number of ether oxygens (including phenoxy) is 1. The molecule has 0 radical (unpaired) electrons. The maximum Gasteiger partial charge on any atom is 0.417 e. The van der Waals surface area contributed by atoms with Gasteiger partial charge in [0.1, 0.15) is 5.82 Å². The van der Waals surface area contributed by atoms with Crippen molar-refractivity contribution in [2.24, 2.45) is 0 Å². The van der Waals surface area contributed by atoms with E-state index in [-0.39, 0.29) is 47.7 Å². The third-order valence-corrected chi connectivity index (χ3v) is 8.39. The van der Waals surface area contributed by atoms with E-state index in [0.29, 0.717) is 37.2 Å². The molecule has 2 atom stereocenters. The van der Waals surface area contributed by atoms with Gasteiger partial charge in [-0.3, -0.25) is 9.59 Å². The molecule has 2 aliphatic rings. The van der Waals surface area contributed by atoms with Crippen molar-refractivity contribution in [1.29, 1.82) is 0 Å². The summed E-state index contributed by atoms with van der Waals surface area (Å²) in [6.45, 7) is 5.56. The Balaban J connectivity index is 1.50. The Morgan fingerprint density at radius 1 is 1.13 bits per heavy atom. The summed E-state index contributed by atoms with van der Waals surface area (Å²) in [5.74, 6) is -1.86. The number of amides is 2. The van der Waals surface area contributed by atoms with Crippen LogP contribution in [0.3, 0.4) is 0 Å². The van der Waals surface area contributed by atoms with Crippen molar-refractivity contribution in [1.82, 2.24) is 20.5 Å². The first kappa shape index (κ1) is 32.5. The molecule has 1 aromatic heterocycles. The molecule has 13 heteroatoms. The monoisotopic (exact) mass is 647 g/mol. The van der Waals surface area contributed by atoms with E-state index in [2.05, 4.69) is 15.6 Å². The first-order valence-corrected chi connectivity index (χ1v) is 15.3. The molecule has 2 saturated heterocycles. The highest BCUT2D eigenvalue weighted by Gasteiger charge is 2.39. The van der Waals surface area contributed by atoms with Crippen molar-refractivity contribution < 1.29 is 31.9 Å². The molecular formula is C32H34ClF4N5O3. The van der Waals surface area contributed by atoms with Crippen LogP contribution in [0.2, 0.25) is 5.02 Å². The lowest BCUT2D eigenvalue weighted by atomic mass is 9.97. The minimum Gasteiger partial charge on any atom is -0.478 e. The quantitative estimate of drug-likeness (QED) is 0.301. The second-order valence-electron chi connectivity index (χ2n) is 11.0. The number of pyridine rings is 1. The van der Waals surface area contributed by atoms with Gasteiger partial charge in [0.25, 0.3) is 11.8 Å². The van der Waals surface area contributed by atoms with Gasteiger partial charge in [0.15, 0.2) is 0 Å². The van der Waals surface area contributed by atoms with Crippen molar-refractivity contribution in [2.45, 2.75) is 44.9 Å². The Labute approximate surface area is 263 Å². The zero-order valence-corrected chi connectivity index (χ0v) is 25.6. The summed E-state index contributed by atoms with van der Waals surface area (Å²) in [5.41, 5.74) is -0.864. The number of anilines is 1. The number of benzene rings is 2. The maximum atomic E-state index is 16.6. The number of nitrogens with zero attached hydrogens (tertiary/aromatic N) is 3. The molecule has 0 bridgehead atoms. The molecule has 2 aliphatic heterocycles. The lowest BCUT2D eigenvalue weighted by Gasteiger charge is -2.43. The van der Waals surface area contributed by atoms with Gasteiger partial charge in [-0.05, 0) is 68.8 Å². The Bertz CT molecular complexity index is 1560. The predicted octanol–water partition coefficient (Wildman–Crippen LogP) is 5.79. The number of hydrogen-bond donors (Lipinski definition) is 2. The molecule has 2 amide bonds. The van der Waals surface area contributed by atoms with E-state index in [1.807, 2.05) is 11.8 Å². The van der Waals surface area contributed by atoms with Crippen LogP contribution >= 0.6 is 11.6 Å². The largest absolute Gasteiger partial charge is 0.478 e. The summed E-state index contributed by atoms with van der Waals surface area (Å²) in [5, 5.41) is 6.00. The van der Waals surface area contributed by atoms with Crippen LogP contribution in [-0.2, 0) is 6.18 Å². The van der Waals surface area contributed by atoms with Crippen LogP contribution in [0.4, 0.5) is 23.2 Å². The second-order valence-corrected chi connectivity index (χ2v) is 11.4. The maximum absolute atomic E-state index is 16.6. The fourth-order valence-corrected chi connectivity index (χ4v) is 6.10. The first-order chi connectivity index (χ1) is 21.5. The average molecular weight is 648 g/mol. The molecular weight excluding hydrogens is 614 g/mol. The van der Waals surface area contributed by atoms with E-state index in [0.717, 1.165) is 18.7 Å². The minimum atomic E-state index is -4.77. The van der Waals surface area contributed by atoms with Crippen LogP contribution in [0.25, 0.3) is 11.1 Å². The van der Waals surface area contributed by atoms with Crippen molar-refractivity contribution in [3.63, 3.8) is 0 Å². The topological polar surface area (TPSA) is 86.8 Å². The zero-order chi connectivity index (χ0) is 32.3. The molecule has 0 saturated carbocycles. The second kappa shape index (κ2) is 13.6. The third kappa shape index (κ3) is 6.86. The summed E-state index contributed by atoms with van der Waals surface area (Å²) in [7, 11) is 0. The molecule has 3 heterocycles.